The number of carbonyl (C=O) groups excluding carboxylic acids is 1. The van der Waals surface area contributed by atoms with Crippen molar-refractivity contribution in [3.63, 3.8) is 0 Å². The first-order valence-corrected chi connectivity index (χ1v) is 6.08. The Morgan fingerprint density at radius 1 is 1.56 bits per heavy atom. The van der Waals surface area contributed by atoms with Crippen LogP contribution in [0.2, 0.25) is 0 Å². The third-order valence-corrected chi connectivity index (χ3v) is 3.41. The Bertz CT molecular complexity index is 397. The lowest BCUT2D eigenvalue weighted by Gasteiger charge is -2.17. The van der Waals surface area contributed by atoms with Gasteiger partial charge in [-0.1, -0.05) is 6.07 Å². The highest BCUT2D eigenvalue weighted by Crippen LogP contribution is 2.30. The molecule has 1 aromatic rings. The van der Waals surface area contributed by atoms with Crippen LogP contribution in [0.25, 0.3) is 0 Å². The van der Waals surface area contributed by atoms with Crippen LogP contribution in [0, 0.1) is 11.7 Å². The smallest absolute Gasteiger partial charge is 0.257 e. The first-order valence-electron chi connectivity index (χ1n) is 5.29. The van der Waals surface area contributed by atoms with Crippen LogP contribution >= 0.6 is 15.9 Å². The lowest BCUT2D eigenvalue weighted by Crippen LogP contribution is -2.29. The van der Waals surface area contributed by atoms with E-state index in [1.54, 1.807) is 24.1 Å². The van der Waals surface area contributed by atoms with Crippen LogP contribution in [0.1, 0.15) is 23.2 Å². The molecule has 0 atom stereocenters. The van der Waals surface area contributed by atoms with Crippen LogP contribution in [0.4, 0.5) is 4.39 Å². The van der Waals surface area contributed by atoms with Crippen molar-refractivity contribution < 1.29 is 9.18 Å². The molecule has 0 radical (unpaired) electrons. The summed E-state index contributed by atoms with van der Waals surface area (Å²) in [4.78, 5) is 13.6. The third-order valence-electron chi connectivity index (χ3n) is 2.75. The number of benzene rings is 1. The van der Waals surface area contributed by atoms with E-state index in [4.69, 9.17) is 0 Å². The van der Waals surface area contributed by atoms with Gasteiger partial charge in [-0.3, -0.25) is 4.79 Å². The van der Waals surface area contributed by atoms with Gasteiger partial charge >= 0.3 is 0 Å². The first-order chi connectivity index (χ1) is 7.59. The number of hydrogen-bond acceptors (Lipinski definition) is 1. The van der Waals surface area contributed by atoms with E-state index < -0.39 is 5.82 Å². The average molecular weight is 286 g/mol. The van der Waals surface area contributed by atoms with Crippen LogP contribution in [-0.2, 0) is 0 Å². The van der Waals surface area contributed by atoms with Gasteiger partial charge in [0.25, 0.3) is 5.91 Å². The van der Waals surface area contributed by atoms with E-state index in [1.807, 2.05) is 0 Å². The molecule has 1 amide bonds. The van der Waals surface area contributed by atoms with Gasteiger partial charge in [-0.2, -0.15) is 0 Å². The average Bonchev–Trinajstić information content (AvgIpc) is 3.01. The quantitative estimate of drug-likeness (QED) is 0.836. The number of hydrogen-bond donors (Lipinski definition) is 0. The number of rotatable bonds is 3. The highest BCUT2D eigenvalue weighted by atomic mass is 79.9. The summed E-state index contributed by atoms with van der Waals surface area (Å²) in [5.74, 6) is -0.113. The van der Waals surface area contributed by atoms with Gasteiger partial charge in [0, 0.05) is 18.1 Å². The van der Waals surface area contributed by atoms with Crippen molar-refractivity contribution in [2.24, 2.45) is 5.92 Å². The summed E-state index contributed by atoms with van der Waals surface area (Å²) in [5.41, 5.74) is 0.130. The van der Waals surface area contributed by atoms with Crippen LogP contribution in [0.3, 0.4) is 0 Å². The minimum Gasteiger partial charge on any atom is -0.341 e. The molecular weight excluding hydrogens is 273 g/mol. The second-order valence-electron chi connectivity index (χ2n) is 4.23. The van der Waals surface area contributed by atoms with Crippen molar-refractivity contribution in [2.45, 2.75) is 12.8 Å². The predicted octanol–water partition coefficient (Wildman–Crippen LogP) is 3.07. The molecule has 4 heteroatoms. The Hall–Kier alpha value is -0.900. The zero-order valence-electron chi connectivity index (χ0n) is 9.04. The second-order valence-corrected chi connectivity index (χ2v) is 5.08. The van der Waals surface area contributed by atoms with Gasteiger partial charge in [-0.05, 0) is 46.8 Å². The topological polar surface area (TPSA) is 20.3 Å². The fourth-order valence-corrected chi connectivity index (χ4v) is 2.18. The number of carbonyl (C=O) groups is 1. The highest BCUT2D eigenvalue weighted by molar-refractivity contribution is 9.10. The third kappa shape index (κ3) is 2.43. The maximum absolute atomic E-state index is 13.5. The van der Waals surface area contributed by atoms with Crippen molar-refractivity contribution in [3.05, 3.63) is 34.1 Å². The lowest BCUT2D eigenvalue weighted by molar-refractivity contribution is 0.0783. The maximum Gasteiger partial charge on any atom is 0.257 e. The summed E-state index contributed by atoms with van der Waals surface area (Å²) in [6.07, 6.45) is 2.35. The molecular formula is C12H13BrFNO. The van der Waals surface area contributed by atoms with E-state index >= 15 is 0 Å². The van der Waals surface area contributed by atoms with E-state index in [9.17, 15) is 9.18 Å². The minimum absolute atomic E-state index is 0.130. The minimum atomic E-state index is -0.470. The molecule has 86 valence electrons. The van der Waals surface area contributed by atoms with Crippen LogP contribution in [-0.4, -0.2) is 24.4 Å². The van der Waals surface area contributed by atoms with Crippen molar-refractivity contribution in [1.29, 1.82) is 0 Å². The standard InChI is InChI=1S/C12H13BrFNO/c1-15(7-8-5-6-8)12(16)11-9(13)3-2-4-10(11)14/h2-4,8H,5-7H2,1H3. The summed E-state index contributed by atoms with van der Waals surface area (Å²) in [7, 11) is 1.72. The Balaban J connectivity index is 2.18. The molecule has 0 bridgehead atoms. The van der Waals surface area contributed by atoms with Crippen molar-refractivity contribution in [1.82, 2.24) is 4.90 Å². The summed E-state index contributed by atoms with van der Waals surface area (Å²) in [5, 5.41) is 0. The largest absolute Gasteiger partial charge is 0.341 e. The van der Waals surface area contributed by atoms with Gasteiger partial charge < -0.3 is 4.90 Å². The van der Waals surface area contributed by atoms with Gasteiger partial charge in [-0.15, -0.1) is 0 Å². The van der Waals surface area contributed by atoms with E-state index in [1.165, 1.54) is 18.9 Å². The van der Waals surface area contributed by atoms with Gasteiger partial charge in [0.2, 0.25) is 0 Å². The Morgan fingerprint density at radius 3 is 2.81 bits per heavy atom. The Labute approximate surface area is 103 Å². The van der Waals surface area contributed by atoms with Crippen molar-refractivity contribution >= 4 is 21.8 Å². The Kier molecular flexibility index (Phi) is 3.28. The molecule has 1 aromatic carbocycles. The molecule has 2 rings (SSSR count). The number of nitrogens with zero attached hydrogens (tertiary/aromatic N) is 1. The molecule has 0 heterocycles. The molecule has 0 aromatic heterocycles. The van der Waals surface area contributed by atoms with E-state index in [0.29, 0.717) is 10.4 Å². The van der Waals surface area contributed by atoms with Crippen LogP contribution in [0.5, 0.6) is 0 Å². The van der Waals surface area contributed by atoms with Gasteiger partial charge in [-0.25, -0.2) is 4.39 Å². The van der Waals surface area contributed by atoms with E-state index in [-0.39, 0.29) is 11.5 Å². The maximum atomic E-state index is 13.5. The summed E-state index contributed by atoms with van der Waals surface area (Å²) in [6.45, 7) is 0.722. The SMILES string of the molecule is CN(CC1CC1)C(=O)c1c(F)cccc1Br. The molecule has 0 unspecified atom stereocenters. The predicted molar refractivity (Wildman–Crippen MR) is 63.8 cm³/mol. The van der Waals surface area contributed by atoms with E-state index in [2.05, 4.69) is 15.9 Å². The molecule has 1 aliphatic carbocycles. The van der Waals surface area contributed by atoms with E-state index in [0.717, 1.165) is 6.54 Å². The molecule has 16 heavy (non-hydrogen) atoms. The van der Waals surface area contributed by atoms with Gasteiger partial charge in [0.05, 0.1) is 5.56 Å². The van der Waals surface area contributed by atoms with Gasteiger partial charge in [0.15, 0.2) is 0 Å². The molecule has 1 fully saturated rings. The number of halogens is 2. The molecule has 1 saturated carbocycles. The molecule has 0 spiro atoms. The zero-order chi connectivity index (χ0) is 11.7. The first kappa shape index (κ1) is 11.6. The monoisotopic (exact) mass is 285 g/mol. The normalized spacial score (nSPS) is 14.9. The second kappa shape index (κ2) is 4.53. The zero-order valence-corrected chi connectivity index (χ0v) is 10.6. The molecule has 0 N–H and O–H groups in total. The number of amides is 1. The summed E-state index contributed by atoms with van der Waals surface area (Å²) >= 11 is 3.21. The molecule has 2 nitrogen and oxygen atoms in total. The fraction of sp³-hybridized carbons (Fsp3) is 0.417. The Morgan fingerprint density at radius 2 is 2.25 bits per heavy atom. The summed E-state index contributed by atoms with van der Waals surface area (Å²) in [6, 6.07) is 4.57. The highest BCUT2D eigenvalue weighted by Gasteiger charge is 2.27. The summed E-state index contributed by atoms with van der Waals surface area (Å²) < 4.78 is 14.1. The van der Waals surface area contributed by atoms with Crippen molar-refractivity contribution in [2.75, 3.05) is 13.6 Å². The molecule has 0 saturated heterocycles. The van der Waals surface area contributed by atoms with Crippen LogP contribution < -0.4 is 0 Å². The van der Waals surface area contributed by atoms with Crippen molar-refractivity contribution in [3.8, 4) is 0 Å². The molecule has 0 aliphatic heterocycles. The fourth-order valence-electron chi connectivity index (χ4n) is 1.66. The molecule has 1 aliphatic rings. The van der Waals surface area contributed by atoms with Gasteiger partial charge in [0.1, 0.15) is 5.82 Å². The van der Waals surface area contributed by atoms with Crippen LogP contribution in [0.15, 0.2) is 22.7 Å². The lowest BCUT2D eigenvalue weighted by atomic mass is 10.2.